The van der Waals surface area contributed by atoms with E-state index in [-0.39, 0.29) is 35.3 Å². The van der Waals surface area contributed by atoms with Crippen LogP contribution >= 0.6 is 24.0 Å². The molecule has 28 heavy (non-hydrogen) atoms. The summed E-state index contributed by atoms with van der Waals surface area (Å²) in [6, 6.07) is 3.76. The molecule has 1 aromatic heterocycles. The van der Waals surface area contributed by atoms with E-state index < -0.39 is 0 Å². The van der Waals surface area contributed by atoms with Gasteiger partial charge in [-0.05, 0) is 38.3 Å². The van der Waals surface area contributed by atoms with E-state index in [1.54, 1.807) is 11.2 Å². The minimum Gasteiger partial charge on any atom is -0.467 e. The normalized spacial score (nSPS) is 15.8. The van der Waals surface area contributed by atoms with Crippen LogP contribution in [0.25, 0.3) is 0 Å². The molecule has 0 unspecified atom stereocenters. The molecule has 160 valence electrons. The number of ether oxygens (including phenoxy) is 1. The van der Waals surface area contributed by atoms with Crippen molar-refractivity contribution < 1.29 is 13.9 Å². The van der Waals surface area contributed by atoms with Crippen LogP contribution < -0.4 is 10.6 Å². The lowest BCUT2D eigenvalue weighted by molar-refractivity contribution is -0.138. The van der Waals surface area contributed by atoms with Gasteiger partial charge < -0.3 is 24.7 Å². The molecule has 0 saturated heterocycles. The average Bonchev–Trinajstić information content (AvgIpc) is 3.34. The van der Waals surface area contributed by atoms with Crippen LogP contribution in [0.2, 0.25) is 0 Å². The van der Waals surface area contributed by atoms with Gasteiger partial charge in [0.1, 0.15) is 12.4 Å². The predicted molar refractivity (Wildman–Crippen MR) is 122 cm³/mol. The van der Waals surface area contributed by atoms with Crippen molar-refractivity contribution >= 4 is 35.8 Å². The number of amides is 1. The van der Waals surface area contributed by atoms with Crippen LogP contribution in [0.1, 0.15) is 44.8 Å². The third-order valence-corrected chi connectivity index (χ3v) is 4.89. The molecule has 0 aliphatic heterocycles. The molecule has 0 spiro atoms. The summed E-state index contributed by atoms with van der Waals surface area (Å²) >= 11 is 0. The topological polar surface area (TPSA) is 79.1 Å². The van der Waals surface area contributed by atoms with Crippen molar-refractivity contribution in [3.63, 3.8) is 0 Å². The molecule has 1 amide bonds. The van der Waals surface area contributed by atoms with Crippen molar-refractivity contribution in [2.24, 2.45) is 10.4 Å². The van der Waals surface area contributed by atoms with Gasteiger partial charge in [-0.1, -0.05) is 12.8 Å². The Hall–Kier alpha value is -1.29. The van der Waals surface area contributed by atoms with Gasteiger partial charge in [-0.2, -0.15) is 0 Å². The second kappa shape index (κ2) is 13.0. The highest BCUT2D eigenvalue weighted by Gasteiger charge is 2.41. The molecule has 1 heterocycles. The van der Waals surface area contributed by atoms with Crippen molar-refractivity contribution in [1.29, 1.82) is 0 Å². The van der Waals surface area contributed by atoms with E-state index in [2.05, 4.69) is 10.6 Å². The first-order valence-corrected chi connectivity index (χ1v) is 9.91. The highest BCUT2D eigenvalue weighted by Crippen LogP contribution is 2.39. The minimum atomic E-state index is -0.335. The van der Waals surface area contributed by atoms with E-state index in [1.807, 2.05) is 33.2 Å². The van der Waals surface area contributed by atoms with Gasteiger partial charge in [0, 0.05) is 33.8 Å². The van der Waals surface area contributed by atoms with E-state index in [0.717, 1.165) is 56.9 Å². The Morgan fingerprint density at radius 1 is 1.32 bits per heavy atom. The SMILES string of the molecule is CCNC(=NCC1(C(=O)N(C)C)CCCC1)NCCCOCc1ccco1.I. The summed E-state index contributed by atoms with van der Waals surface area (Å²) in [4.78, 5) is 19.1. The molecule has 7 nitrogen and oxygen atoms in total. The van der Waals surface area contributed by atoms with E-state index in [0.29, 0.717) is 19.8 Å². The first kappa shape index (κ1) is 24.7. The Morgan fingerprint density at radius 2 is 2.07 bits per heavy atom. The first-order chi connectivity index (χ1) is 13.1. The summed E-state index contributed by atoms with van der Waals surface area (Å²) in [7, 11) is 3.66. The number of carbonyl (C=O) groups excluding carboxylic acids is 1. The molecular weight excluding hydrogens is 471 g/mol. The number of nitrogens with one attached hydrogen (secondary N) is 2. The Kier molecular flexibility index (Phi) is 11.5. The van der Waals surface area contributed by atoms with Crippen LogP contribution in [0.5, 0.6) is 0 Å². The molecule has 1 saturated carbocycles. The molecule has 2 rings (SSSR count). The molecule has 1 aliphatic rings. The summed E-state index contributed by atoms with van der Waals surface area (Å²) in [6.45, 7) is 5.27. The highest BCUT2D eigenvalue weighted by atomic mass is 127. The summed E-state index contributed by atoms with van der Waals surface area (Å²) in [5.41, 5.74) is -0.335. The Balaban J connectivity index is 0.00000392. The van der Waals surface area contributed by atoms with Gasteiger partial charge in [0.2, 0.25) is 5.91 Å². The summed E-state index contributed by atoms with van der Waals surface area (Å²) in [6.07, 6.45) is 6.57. The number of halogens is 1. The van der Waals surface area contributed by atoms with Gasteiger partial charge in [-0.15, -0.1) is 24.0 Å². The van der Waals surface area contributed by atoms with Crippen molar-refractivity contribution in [2.45, 2.75) is 45.6 Å². The molecule has 0 radical (unpaired) electrons. The highest BCUT2D eigenvalue weighted by molar-refractivity contribution is 14.0. The van der Waals surface area contributed by atoms with E-state index >= 15 is 0 Å². The van der Waals surface area contributed by atoms with Crippen molar-refractivity contribution in [2.75, 3.05) is 40.3 Å². The van der Waals surface area contributed by atoms with E-state index in [9.17, 15) is 4.79 Å². The van der Waals surface area contributed by atoms with Crippen LogP contribution in [0, 0.1) is 5.41 Å². The maximum atomic E-state index is 12.7. The molecule has 1 fully saturated rings. The van der Waals surface area contributed by atoms with Crippen molar-refractivity contribution in [3.05, 3.63) is 24.2 Å². The largest absolute Gasteiger partial charge is 0.467 e. The number of hydrogen-bond acceptors (Lipinski definition) is 4. The van der Waals surface area contributed by atoms with Crippen molar-refractivity contribution in [1.82, 2.24) is 15.5 Å². The minimum absolute atomic E-state index is 0. The maximum Gasteiger partial charge on any atom is 0.230 e. The molecule has 1 aliphatic carbocycles. The number of nitrogens with zero attached hydrogens (tertiary/aromatic N) is 2. The standard InChI is InChI=1S/C20H34N4O3.HI/c1-4-21-19(22-12-8-13-26-15-17-9-7-14-27-17)23-16-20(10-5-6-11-20)18(25)24(2)3;/h7,9,14H,4-6,8,10-13,15-16H2,1-3H3,(H2,21,22,23);1H. The smallest absolute Gasteiger partial charge is 0.230 e. The summed E-state index contributed by atoms with van der Waals surface area (Å²) in [5, 5.41) is 6.60. The van der Waals surface area contributed by atoms with Gasteiger partial charge in [0.15, 0.2) is 5.96 Å². The fourth-order valence-corrected chi connectivity index (χ4v) is 3.49. The Bertz CT molecular complexity index is 584. The van der Waals surface area contributed by atoms with Crippen molar-refractivity contribution in [3.8, 4) is 0 Å². The van der Waals surface area contributed by atoms with Crippen LogP contribution in [0.4, 0.5) is 0 Å². The molecule has 8 heteroatoms. The van der Waals surface area contributed by atoms with E-state index in [4.69, 9.17) is 14.1 Å². The number of guanidine groups is 1. The fraction of sp³-hybridized carbons (Fsp3) is 0.700. The zero-order valence-electron chi connectivity index (χ0n) is 17.3. The van der Waals surface area contributed by atoms with E-state index in [1.165, 1.54) is 0 Å². The van der Waals surface area contributed by atoms with Gasteiger partial charge >= 0.3 is 0 Å². The number of rotatable bonds is 10. The lowest BCUT2D eigenvalue weighted by Crippen LogP contribution is -2.43. The fourth-order valence-electron chi connectivity index (χ4n) is 3.49. The lowest BCUT2D eigenvalue weighted by Gasteiger charge is -2.29. The van der Waals surface area contributed by atoms with Gasteiger partial charge in [0.25, 0.3) is 0 Å². The number of carbonyl (C=O) groups is 1. The summed E-state index contributed by atoms with van der Waals surface area (Å²) < 4.78 is 10.8. The maximum absolute atomic E-state index is 12.7. The second-order valence-corrected chi connectivity index (χ2v) is 7.29. The molecule has 0 aromatic carbocycles. The third-order valence-electron chi connectivity index (χ3n) is 4.89. The van der Waals surface area contributed by atoms with Crippen LogP contribution in [0.15, 0.2) is 27.8 Å². The van der Waals surface area contributed by atoms with Gasteiger partial charge in [0.05, 0.1) is 18.2 Å². The lowest BCUT2D eigenvalue weighted by atomic mass is 9.85. The van der Waals surface area contributed by atoms with Gasteiger partial charge in [-0.3, -0.25) is 9.79 Å². The van der Waals surface area contributed by atoms with Gasteiger partial charge in [-0.25, -0.2) is 0 Å². The van der Waals surface area contributed by atoms with Crippen LogP contribution in [0.3, 0.4) is 0 Å². The summed E-state index contributed by atoms with van der Waals surface area (Å²) in [5.74, 6) is 1.80. The average molecular weight is 506 g/mol. The third kappa shape index (κ3) is 7.62. The second-order valence-electron chi connectivity index (χ2n) is 7.29. The molecular formula is C20H35IN4O3. The Morgan fingerprint density at radius 3 is 2.68 bits per heavy atom. The quantitative estimate of drug-likeness (QED) is 0.221. The molecule has 0 atom stereocenters. The number of hydrogen-bond donors (Lipinski definition) is 2. The molecule has 0 bridgehead atoms. The number of furan rings is 1. The number of aliphatic imine (C=N–C) groups is 1. The predicted octanol–water partition coefficient (Wildman–Crippen LogP) is 3.01. The molecule has 1 aromatic rings. The zero-order chi connectivity index (χ0) is 19.5. The zero-order valence-corrected chi connectivity index (χ0v) is 19.7. The van der Waals surface area contributed by atoms with Crippen LogP contribution in [-0.4, -0.2) is 57.1 Å². The Labute approximate surface area is 185 Å². The molecule has 2 N–H and O–H groups in total. The van der Waals surface area contributed by atoms with Crippen LogP contribution in [-0.2, 0) is 16.1 Å². The monoisotopic (exact) mass is 506 g/mol. The first-order valence-electron chi connectivity index (χ1n) is 9.91.